The molecule has 2 fully saturated rings. The van der Waals surface area contributed by atoms with Gasteiger partial charge in [-0.05, 0) is 40.0 Å². The molecule has 2 heterocycles. The van der Waals surface area contributed by atoms with Crippen LogP contribution >= 0.6 is 0 Å². The molecule has 0 aromatic heterocycles. The number of likely N-dealkylation sites (N-methyl/N-ethyl adjacent to an activating group) is 2. The highest BCUT2D eigenvalue weighted by molar-refractivity contribution is 4.85. The fourth-order valence-corrected chi connectivity index (χ4v) is 2.77. The maximum Gasteiger partial charge on any atom is 0.0232 e. The first-order chi connectivity index (χ1) is 6.65. The summed E-state index contributed by atoms with van der Waals surface area (Å²) in [5.74, 6) is 0.927. The van der Waals surface area contributed by atoms with Crippen molar-refractivity contribution in [3.63, 3.8) is 0 Å². The zero-order valence-corrected chi connectivity index (χ0v) is 9.74. The van der Waals surface area contributed by atoms with Crippen LogP contribution in [0, 0.1) is 5.92 Å². The SMILES string of the molecule is CN1CC(CN(C)C2CCN(C)C2)C1. The summed E-state index contributed by atoms with van der Waals surface area (Å²) in [6, 6.07) is 0.811. The number of likely N-dealkylation sites (tertiary alicyclic amines) is 2. The molecule has 2 rings (SSSR count). The summed E-state index contributed by atoms with van der Waals surface area (Å²) < 4.78 is 0. The Kier molecular flexibility index (Phi) is 3.10. The highest BCUT2D eigenvalue weighted by Crippen LogP contribution is 2.18. The third-order valence-corrected chi connectivity index (χ3v) is 3.68. The van der Waals surface area contributed by atoms with Crippen LogP contribution in [0.4, 0.5) is 0 Å². The second kappa shape index (κ2) is 4.17. The van der Waals surface area contributed by atoms with E-state index in [-0.39, 0.29) is 0 Å². The molecule has 3 nitrogen and oxygen atoms in total. The van der Waals surface area contributed by atoms with Crippen molar-refractivity contribution in [3.05, 3.63) is 0 Å². The van der Waals surface area contributed by atoms with Crippen molar-refractivity contribution < 1.29 is 0 Å². The average Bonchev–Trinajstić information content (AvgIpc) is 2.49. The molecule has 1 unspecified atom stereocenters. The largest absolute Gasteiger partial charge is 0.306 e. The van der Waals surface area contributed by atoms with Crippen LogP contribution in [0.3, 0.4) is 0 Å². The van der Waals surface area contributed by atoms with E-state index in [1.54, 1.807) is 0 Å². The minimum atomic E-state index is 0.811. The van der Waals surface area contributed by atoms with Crippen molar-refractivity contribution in [1.82, 2.24) is 14.7 Å². The Hall–Kier alpha value is -0.120. The quantitative estimate of drug-likeness (QED) is 0.639. The summed E-state index contributed by atoms with van der Waals surface area (Å²) in [4.78, 5) is 7.41. The van der Waals surface area contributed by atoms with Gasteiger partial charge in [0, 0.05) is 32.2 Å². The van der Waals surface area contributed by atoms with Crippen molar-refractivity contribution in [2.75, 3.05) is 53.9 Å². The van der Waals surface area contributed by atoms with Gasteiger partial charge in [-0.2, -0.15) is 0 Å². The monoisotopic (exact) mass is 197 g/mol. The van der Waals surface area contributed by atoms with Crippen molar-refractivity contribution in [2.45, 2.75) is 12.5 Å². The van der Waals surface area contributed by atoms with Gasteiger partial charge in [0.1, 0.15) is 0 Å². The van der Waals surface area contributed by atoms with E-state index in [4.69, 9.17) is 0 Å². The second-order valence-corrected chi connectivity index (χ2v) is 5.23. The Balaban J connectivity index is 1.70. The number of hydrogen-bond acceptors (Lipinski definition) is 3. The van der Waals surface area contributed by atoms with E-state index in [2.05, 4.69) is 35.8 Å². The van der Waals surface area contributed by atoms with Crippen LogP contribution < -0.4 is 0 Å². The molecular formula is C11H23N3. The molecule has 0 amide bonds. The normalized spacial score (nSPS) is 31.3. The summed E-state index contributed by atoms with van der Waals surface area (Å²) in [5, 5.41) is 0. The predicted octanol–water partition coefficient (Wildman–Crippen LogP) is 0.184. The summed E-state index contributed by atoms with van der Waals surface area (Å²) in [7, 11) is 6.73. The van der Waals surface area contributed by atoms with Gasteiger partial charge in [-0.1, -0.05) is 0 Å². The molecule has 2 saturated heterocycles. The maximum atomic E-state index is 2.57. The van der Waals surface area contributed by atoms with Gasteiger partial charge < -0.3 is 14.7 Å². The fourth-order valence-electron chi connectivity index (χ4n) is 2.77. The van der Waals surface area contributed by atoms with Gasteiger partial charge in [0.25, 0.3) is 0 Å². The lowest BCUT2D eigenvalue weighted by atomic mass is 10.00. The van der Waals surface area contributed by atoms with E-state index in [0.717, 1.165) is 12.0 Å². The smallest absolute Gasteiger partial charge is 0.0232 e. The zero-order valence-electron chi connectivity index (χ0n) is 9.74. The van der Waals surface area contributed by atoms with Gasteiger partial charge >= 0.3 is 0 Å². The van der Waals surface area contributed by atoms with Crippen LogP contribution in [-0.4, -0.2) is 74.6 Å². The Morgan fingerprint density at radius 3 is 2.36 bits per heavy atom. The molecule has 2 aliphatic rings. The lowest BCUT2D eigenvalue weighted by molar-refractivity contribution is 0.0859. The van der Waals surface area contributed by atoms with Crippen molar-refractivity contribution in [2.24, 2.45) is 5.92 Å². The molecule has 14 heavy (non-hydrogen) atoms. The molecule has 3 heteroatoms. The first-order valence-corrected chi connectivity index (χ1v) is 5.72. The molecule has 0 bridgehead atoms. The first kappa shape index (κ1) is 10.4. The van der Waals surface area contributed by atoms with Crippen LogP contribution in [0.25, 0.3) is 0 Å². The van der Waals surface area contributed by atoms with E-state index in [0.29, 0.717) is 0 Å². The summed E-state index contributed by atoms with van der Waals surface area (Å²) in [5.41, 5.74) is 0. The predicted molar refractivity (Wildman–Crippen MR) is 59.5 cm³/mol. The van der Waals surface area contributed by atoms with Crippen LogP contribution in [0.1, 0.15) is 6.42 Å². The minimum absolute atomic E-state index is 0.811. The minimum Gasteiger partial charge on any atom is -0.306 e. The Morgan fingerprint density at radius 2 is 1.86 bits per heavy atom. The lowest BCUT2D eigenvalue weighted by Gasteiger charge is -2.39. The molecule has 0 aliphatic carbocycles. The van der Waals surface area contributed by atoms with E-state index < -0.39 is 0 Å². The summed E-state index contributed by atoms with van der Waals surface area (Å²) in [6.07, 6.45) is 1.36. The van der Waals surface area contributed by atoms with Gasteiger partial charge in [0.05, 0.1) is 0 Å². The van der Waals surface area contributed by atoms with Gasteiger partial charge in [0.15, 0.2) is 0 Å². The molecule has 0 N–H and O–H groups in total. The van der Waals surface area contributed by atoms with E-state index in [9.17, 15) is 0 Å². The molecule has 0 aromatic rings. The molecular weight excluding hydrogens is 174 g/mol. The Morgan fingerprint density at radius 1 is 1.14 bits per heavy atom. The Bertz CT molecular complexity index is 189. The maximum absolute atomic E-state index is 2.57. The van der Waals surface area contributed by atoms with E-state index >= 15 is 0 Å². The highest BCUT2D eigenvalue weighted by atomic mass is 15.2. The second-order valence-electron chi connectivity index (χ2n) is 5.23. The van der Waals surface area contributed by atoms with Gasteiger partial charge in [-0.3, -0.25) is 0 Å². The van der Waals surface area contributed by atoms with E-state index in [1.165, 1.54) is 39.1 Å². The first-order valence-electron chi connectivity index (χ1n) is 5.72. The zero-order chi connectivity index (χ0) is 10.1. The van der Waals surface area contributed by atoms with E-state index in [1.807, 2.05) is 0 Å². The van der Waals surface area contributed by atoms with Crippen LogP contribution in [0.5, 0.6) is 0 Å². The third-order valence-electron chi connectivity index (χ3n) is 3.68. The van der Waals surface area contributed by atoms with Crippen molar-refractivity contribution >= 4 is 0 Å². The van der Waals surface area contributed by atoms with Crippen molar-refractivity contribution in [1.29, 1.82) is 0 Å². The number of nitrogens with zero attached hydrogens (tertiary/aromatic N) is 3. The molecule has 82 valence electrons. The van der Waals surface area contributed by atoms with Crippen LogP contribution in [-0.2, 0) is 0 Å². The van der Waals surface area contributed by atoms with Crippen molar-refractivity contribution in [3.8, 4) is 0 Å². The van der Waals surface area contributed by atoms with Crippen LogP contribution in [0.2, 0.25) is 0 Å². The number of hydrogen-bond donors (Lipinski definition) is 0. The third kappa shape index (κ3) is 2.27. The topological polar surface area (TPSA) is 9.72 Å². The molecule has 1 atom stereocenters. The standard InChI is InChI=1S/C11H23N3/c1-12-5-4-11(9-12)14(3)8-10-6-13(2)7-10/h10-11H,4-9H2,1-3H3. The molecule has 0 aromatic carbocycles. The molecule has 0 radical (unpaired) electrons. The van der Waals surface area contributed by atoms with Gasteiger partial charge in [0.2, 0.25) is 0 Å². The van der Waals surface area contributed by atoms with Gasteiger partial charge in [-0.15, -0.1) is 0 Å². The molecule has 0 spiro atoms. The van der Waals surface area contributed by atoms with Crippen LogP contribution in [0.15, 0.2) is 0 Å². The summed E-state index contributed by atoms with van der Waals surface area (Å²) in [6.45, 7) is 6.43. The Labute approximate surface area is 87.7 Å². The number of rotatable bonds is 3. The summed E-state index contributed by atoms with van der Waals surface area (Å²) >= 11 is 0. The highest BCUT2D eigenvalue weighted by Gasteiger charge is 2.29. The molecule has 2 aliphatic heterocycles. The fraction of sp³-hybridized carbons (Fsp3) is 1.00. The average molecular weight is 197 g/mol. The van der Waals surface area contributed by atoms with Gasteiger partial charge in [-0.25, -0.2) is 0 Å². The molecule has 0 saturated carbocycles. The lowest BCUT2D eigenvalue weighted by Crippen LogP contribution is -2.50.